The van der Waals surface area contributed by atoms with Crippen LogP contribution in [0, 0.1) is 11.8 Å². The van der Waals surface area contributed by atoms with Gasteiger partial charge in [0.15, 0.2) is 0 Å². The van der Waals surface area contributed by atoms with Crippen LogP contribution in [0.5, 0.6) is 0 Å². The van der Waals surface area contributed by atoms with Gasteiger partial charge in [-0.3, -0.25) is 14.4 Å². The molecule has 6 nitrogen and oxygen atoms in total. The maximum atomic E-state index is 12.4. The quantitative estimate of drug-likeness (QED) is 0.699. The lowest BCUT2D eigenvalue weighted by atomic mass is 9.95. The molecule has 118 valence electrons. The fraction of sp³-hybridized carbons (Fsp3) is 0.800. The molecule has 1 saturated heterocycles. The number of hydrogen-bond donors (Lipinski definition) is 0. The van der Waals surface area contributed by atoms with Crippen LogP contribution in [-0.2, 0) is 19.1 Å². The molecule has 0 spiro atoms. The number of likely N-dealkylation sites (tertiary alicyclic amines) is 1. The number of esters is 1. The van der Waals surface area contributed by atoms with Gasteiger partial charge in [0.1, 0.15) is 6.54 Å². The normalized spacial score (nSPS) is 19.2. The lowest BCUT2D eigenvalue weighted by Crippen LogP contribution is -2.46. The van der Waals surface area contributed by atoms with E-state index < -0.39 is 5.97 Å². The number of hydrogen-bond acceptors (Lipinski definition) is 4. The molecule has 0 N–H and O–H groups in total. The maximum absolute atomic E-state index is 12.4. The number of carbonyl (C=O) groups excluding carboxylic acids is 3. The molecule has 2 fully saturated rings. The van der Waals surface area contributed by atoms with E-state index in [0.29, 0.717) is 32.5 Å². The van der Waals surface area contributed by atoms with Crippen LogP contribution in [0.3, 0.4) is 0 Å². The second kappa shape index (κ2) is 6.91. The topological polar surface area (TPSA) is 66.9 Å². The number of nitrogens with zero attached hydrogens (tertiary/aromatic N) is 2. The molecular formula is C15H24N2O4. The van der Waals surface area contributed by atoms with Crippen LogP contribution in [0.2, 0.25) is 0 Å². The standard InChI is InChI=1S/C15H24N2O4/c1-3-16(10-13(18)21-2)14(19)12-6-8-17(9-7-12)15(20)11-4-5-11/h11-12H,3-10H2,1-2H3. The molecule has 1 saturated carbocycles. The largest absolute Gasteiger partial charge is 0.468 e. The Kier molecular flexibility index (Phi) is 5.20. The van der Waals surface area contributed by atoms with Gasteiger partial charge in [-0.2, -0.15) is 0 Å². The van der Waals surface area contributed by atoms with E-state index in [2.05, 4.69) is 4.74 Å². The van der Waals surface area contributed by atoms with Crippen LogP contribution in [0.1, 0.15) is 32.6 Å². The number of carbonyl (C=O) groups is 3. The van der Waals surface area contributed by atoms with Crippen molar-refractivity contribution in [1.82, 2.24) is 9.80 Å². The van der Waals surface area contributed by atoms with Crippen LogP contribution >= 0.6 is 0 Å². The Hall–Kier alpha value is -1.59. The third-order valence-electron chi connectivity index (χ3n) is 4.32. The van der Waals surface area contributed by atoms with Crippen molar-refractivity contribution >= 4 is 17.8 Å². The minimum absolute atomic E-state index is 0.00132. The molecule has 0 aromatic carbocycles. The van der Waals surface area contributed by atoms with Gasteiger partial charge in [-0.15, -0.1) is 0 Å². The van der Waals surface area contributed by atoms with E-state index in [-0.39, 0.29) is 30.2 Å². The molecule has 0 aromatic heterocycles. The first-order chi connectivity index (χ1) is 10.1. The van der Waals surface area contributed by atoms with Crippen molar-refractivity contribution in [2.24, 2.45) is 11.8 Å². The van der Waals surface area contributed by atoms with Crippen molar-refractivity contribution in [2.45, 2.75) is 32.6 Å². The Morgan fingerprint density at radius 1 is 1.10 bits per heavy atom. The van der Waals surface area contributed by atoms with Crippen molar-refractivity contribution in [1.29, 1.82) is 0 Å². The van der Waals surface area contributed by atoms with Crippen LogP contribution in [-0.4, -0.2) is 60.9 Å². The third-order valence-corrected chi connectivity index (χ3v) is 4.32. The number of ether oxygens (including phenoxy) is 1. The number of amides is 2. The summed E-state index contributed by atoms with van der Waals surface area (Å²) in [5.74, 6) is 0.0114. The minimum Gasteiger partial charge on any atom is -0.468 e. The van der Waals surface area contributed by atoms with Crippen molar-refractivity contribution in [3.05, 3.63) is 0 Å². The Labute approximate surface area is 125 Å². The van der Waals surface area contributed by atoms with E-state index in [1.807, 2.05) is 11.8 Å². The summed E-state index contributed by atoms with van der Waals surface area (Å²) in [5, 5.41) is 0. The van der Waals surface area contributed by atoms with Crippen molar-refractivity contribution in [3.8, 4) is 0 Å². The lowest BCUT2D eigenvalue weighted by Gasteiger charge is -2.33. The van der Waals surface area contributed by atoms with Gasteiger partial charge in [0.2, 0.25) is 11.8 Å². The van der Waals surface area contributed by atoms with Crippen LogP contribution < -0.4 is 0 Å². The average Bonchev–Trinajstić information content (AvgIpc) is 3.36. The lowest BCUT2D eigenvalue weighted by molar-refractivity contribution is -0.149. The smallest absolute Gasteiger partial charge is 0.325 e. The zero-order valence-electron chi connectivity index (χ0n) is 12.8. The highest BCUT2D eigenvalue weighted by molar-refractivity contribution is 5.84. The van der Waals surface area contributed by atoms with Crippen LogP contribution in [0.4, 0.5) is 0 Å². The summed E-state index contributed by atoms with van der Waals surface area (Å²) in [6.45, 7) is 3.66. The Balaban J connectivity index is 1.83. The molecule has 21 heavy (non-hydrogen) atoms. The first-order valence-electron chi connectivity index (χ1n) is 7.71. The molecule has 2 aliphatic rings. The Morgan fingerprint density at radius 2 is 1.71 bits per heavy atom. The second-order valence-corrected chi connectivity index (χ2v) is 5.80. The summed E-state index contributed by atoms with van der Waals surface area (Å²) >= 11 is 0. The SMILES string of the molecule is CCN(CC(=O)OC)C(=O)C1CCN(C(=O)C2CC2)CC1. The van der Waals surface area contributed by atoms with Crippen LogP contribution in [0.25, 0.3) is 0 Å². The van der Waals surface area contributed by atoms with Gasteiger partial charge in [-0.25, -0.2) is 0 Å². The van der Waals surface area contributed by atoms with Crippen LogP contribution in [0.15, 0.2) is 0 Å². The zero-order valence-corrected chi connectivity index (χ0v) is 12.8. The molecule has 0 atom stereocenters. The highest BCUT2D eigenvalue weighted by Crippen LogP contribution is 2.32. The van der Waals surface area contributed by atoms with Gasteiger partial charge >= 0.3 is 5.97 Å². The molecule has 2 amide bonds. The van der Waals surface area contributed by atoms with E-state index in [1.54, 1.807) is 0 Å². The summed E-state index contributed by atoms with van der Waals surface area (Å²) in [6, 6.07) is 0. The molecule has 0 unspecified atom stereocenters. The molecule has 0 aromatic rings. The van der Waals surface area contributed by atoms with E-state index in [9.17, 15) is 14.4 Å². The predicted octanol–water partition coefficient (Wildman–Crippen LogP) is 0.656. The monoisotopic (exact) mass is 296 g/mol. The van der Waals surface area contributed by atoms with Gasteiger partial charge < -0.3 is 14.5 Å². The average molecular weight is 296 g/mol. The fourth-order valence-electron chi connectivity index (χ4n) is 2.76. The maximum Gasteiger partial charge on any atom is 0.325 e. The van der Waals surface area contributed by atoms with Crippen molar-refractivity contribution < 1.29 is 19.1 Å². The molecule has 1 aliphatic carbocycles. The molecule has 0 bridgehead atoms. The third kappa shape index (κ3) is 3.95. The second-order valence-electron chi connectivity index (χ2n) is 5.80. The number of likely N-dealkylation sites (N-methyl/N-ethyl adjacent to an activating group) is 1. The van der Waals surface area contributed by atoms with Gasteiger partial charge in [0.05, 0.1) is 7.11 Å². The van der Waals surface area contributed by atoms with Crippen molar-refractivity contribution in [2.75, 3.05) is 33.3 Å². The summed E-state index contributed by atoms with van der Waals surface area (Å²) < 4.78 is 4.62. The van der Waals surface area contributed by atoms with Gasteiger partial charge in [0, 0.05) is 31.5 Å². The summed E-state index contributed by atoms with van der Waals surface area (Å²) in [5.41, 5.74) is 0. The molecular weight excluding hydrogens is 272 g/mol. The predicted molar refractivity (Wildman–Crippen MR) is 76.3 cm³/mol. The van der Waals surface area contributed by atoms with E-state index in [1.165, 1.54) is 12.0 Å². The van der Waals surface area contributed by atoms with Gasteiger partial charge in [-0.05, 0) is 32.6 Å². The Bertz CT molecular complexity index is 412. The van der Waals surface area contributed by atoms with E-state index in [0.717, 1.165) is 12.8 Å². The molecule has 1 aliphatic heterocycles. The summed E-state index contributed by atoms with van der Waals surface area (Å²) in [4.78, 5) is 39.1. The molecule has 1 heterocycles. The van der Waals surface area contributed by atoms with E-state index in [4.69, 9.17) is 0 Å². The summed E-state index contributed by atoms with van der Waals surface area (Å²) in [7, 11) is 1.32. The summed E-state index contributed by atoms with van der Waals surface area (Å²) in [6.07, 6.45) is 3.41. The zero-order chi connectivity index (χ0) is 15.4. The number of piperidine rings is 1. The van der Waals surface area contributed by atoms with Gasteiger partial charge in [-0.1, -0.05) is 0 Å². The molecule has 0 radical (unpaired) electrons. The fourth-order valence-corrected chi connectivity index (χ4v) is 2.76. The van der Waals surface area contributed by atoms with Crippen molar-refractivity contribution in [3.63, 3.8) is 0 Å². The Morgan fingerprint density at radius 3 is 2.19 bits per heavy atom. The van der Waals surface area contributed by atoms with E-state index >= 15 is 0 Å². The number of rotatable bonds is 5. The first kappa shape index (κ1) is 15.8. The molecule has 6 heteroatoms. The highest BCUT2D eigenvalue weighted by Gasteiger charge is 2.36. The first-order valence-corrected chi connectivity index (χ1v) is 7.71. The highest BCUT2D eigenvalue weighted by atomic mass is 16.5. The molecule has 2 rings (SSSR count). The minimum atomic E-state index is -0.397. The number of methoxy groups -OCH3 is 1. The van der Waals surface area contributed by atoms with Gasteiger partial charge in [0.25, 0.3) is 0 Å².